The third-order valence-corrected chi connectivity index (χ3v) is 4.65. The number of benzene rings is 2. The molecule has 2 aromatic carbocycles. The number of ether oxygens (including phenoxy) is 3. The maximum atomic E-state index is 6.13. The van der Waals surface area contributed by atoms with Gasteiger partial charge in [0.05, 0.1) is 19.0 Å². The lowest BCUT2D eigenvalue weighted by Crippen LogP contribution is -2.32. The number of imidazole rings is 1. The van der Waals surface area contributed by atoms with Crippen molar-refractivity contribution in [2.24, 2.45) is 0 Å². The Hall–Kier alpha value is -2.63. The molecule has 1 aliphatic rings. The Morgan fingerprint density at radius 2 is 1.89 bits per heavy atom. The molecule has 4 rings (SSSR count). The van der Waals surface area contributed by atoms with Gasteiger partial charge in [0.15, 0.2) is 6.29 Å². The molecular weight excluding hydrogens is 340 g/mol. The van der Waals surface area contributed by atoms with Crippen molar-refractivity contribution in [1.82, 2.24) is 9.55 Å². The van der Waals surface area contributed by atoms with Crippen LogP contribution in [0.1, 0.15) is 24.8 Å². The smallest absolute Gasteiger partial charge is 0.158 e. The van der Waals surface area contributed by atoms with Crippen molar-refractivity contribution in [3.05, 3.63) is 78.9 Å². The minimum atomic E-state index is -0.183. The summed E-state index contributed by atoms with van der Waals surface area (Å²) >= 11 is 0. The quantitative estimate of drug-likeness (QED) is 0.605. The molecule has 1 aromatic heterocycles. The molecule has 140 valence electrons. The topological polar surface area (TPSA) is 45.5 Å². The van der Waals surface area contributed by atoms with Crippen LogP contribution in [-0.4, -0.2) is 21.9 Å². The lowest BCUT2D eigenvalue weighted by molar-refractivity contribution is -0.202. The molecule has 1 saturated heterocycles. The van der Waals surface area contributed by atoms with Crippen LogP contribution in [0.2, 0.25) is 0 Å². The monoisotopic (exact) mass is 364 g/mol. The van der Waals surface area contributed by atoms with Gasteiger partial charge in [-0.3, -0.25) is 0 Å². The Balaban J connectivity index is 1.34. The van der Waals surface area contributed by atoms with Crippen LogP contribution in [0.4, 0.5) is 0 Å². The van der Waals surface area contributed by atoms with Gasteiger partial charge < -0.3 is 18.8 Å². The summed E-state index contributed by atoms with van der Waals surface area (Å²) in [5.74, 6) is 1.63. The van der Waals surface area contributed by atoms with Crippen molar-refractivity contribution < 1.29 is 14.2 Å². The summed E-state index contributed by atoms with van der Waals surface area (Å²) in [5, 5.41) is 0. The Labute approximate surface area is 159 Å². The Kier molecular flexibility index (Phi) is 5.82. The second kappa shape index (κ2) is 8.84. The van der Waals surface area contributed by atoms with Crippen LogP contribution in [-0.2, 0) is 22.6 Å². The van der Waals surface area contributed by atoms with Gasteiger partial charge in [-0.25, -0.2) is 4.98 Å². The highest BCUT2D eigenvalue weighted by Crippen LogP contribution is 2.27. The number of para-hydroxylation sites is 2. The van der Waals surface area contributed by atoms with Crippen LogP contribution in [0.5, 0.6) is 11.5 Å². The van der Waals surface area contributed by atoms with E-state index in [-0.39, 0.29) is 12.4 Å². The third kappa shape index (κ3) is 4.96. The lowest BCUT2D eigenvalue weighted by atomic mass is 10.1. The molecule has 2 unspecified atom stereocenters. The molecule has 2 heterocycles. The van der Waals surface area contributed by atoms with Crippen LogP contribution in [0, 0.1) is 0 Å². The van der Waals surface area contributed by atoms with E-state index in [9.17, 15) is 0 Å². The molecule has 5 heteroatoms. The van der Waals surface area contributed by atoms with Gasteiger partial charge in [-0.2, -0.15) is 0 Å². The van der Waals surface area contributed by atoms with Crippen molar-refractivity contribution >= 4 is 0 Å². The molecule has 1 aliphatic heterocycles. The number of hydrogen-bond acceptors (Lipinski definition) is 4. The molecule has 0 bridgehead atoms. The van der Waals surface area contributed by atoms with E-state index in [1.807, 2.05) is 67.1 Å². The minimum Gasteiger partial charge on any atom is -0.457 e. The molecule has 0 spiro atoms. The maximum absolute atomic E-state index is 6.13. The predicted octanol–water partition coefficient (Wildman–Crippen LogP) is 4.79. The molecule has 2 atom stereocenters. The normalized spacial score (nSPS) is 19.7. The first-order chi connectivity index (χ1) is 13.4. The molecule has 0 saturated carbocycles. The van der Waals surface area contributed by atoms with Crippen molar-refractivity contribution in [2.45, 2.75) is 44.8 Å². The minimum absolute atomic E-state index is 0.161. The van der Waals surface area contributed by atoms with Crippen LogP contribution in [0.15, 0.2) is 73.3 Å². The predicted molar refractivity (Wildman–Crippen MR) is 102 cm³/mol. The SMILES string of the molecule is c1ccc(Oc2ccccc2COC2CCCC(Cn3ccnc3)O2)cc1. The lowest BCUT2D eigenvalue weighted by Gasteiger charge is -2.30. The highest BCUT2D eigenvalue weighted by molar-refractivity contribution is 5.37. The molecule has 5 nitrogen and oxygen atoms in total. The van der Waals surface area contributed by atoms with Gasteiger partial charge in [-0.05, 0) is 37.5 Å². The molecule has 1 fully saturated rings. The number of aromatic nitrogens is 2. The van der Waals surface area contributed by atoms with Gasteiger partial charge in [-0.1, -0.05) is 36.4 Å². The average Bonchev–Trinajstić information content (AvgIpc) is 3.21. The number of rotatable bonds is 7. The molecule has 3 aromatic rings. The largest absolute Gasteiger partial charge is 0.457 e. The van der Waals surface area contributed by atoms with Crippen LogP contribution >= 0.6 is 0 Å². The number of nitrogens with zero attached hydrogens (tertiary/aromatic N) is 2. The van der Waals surface area contributed by atoms with Crippen LogP contribution < -0.4 is 4.74 Å². The highest BCUT2D eigenvalue weighted by atomic mass is 16.7. The van der Waals surface area contributed by atoms with Gasteiger partial charge in [-0.15, -0.1) is 0 Å². The maximum Gasteiger partial charge on any atom is 0.158 e. The van der Waals surface area contributed by atoms with Crippen molar-refractivity contribution in [3.63, 3.8) is 0 Å². The van der Waals surface area contributed by atoms with E-state index >= 15 is 0 Å². The van der Waals surface area contributed by atoms with Crippen LogP contribution in [0.25, 0.3) is 0 Å². The second-order valence-electron chi connectivity index (χ2n) is 6.71. The molecule has 0 N–H and O–H groups in total. The fraction of sp³-hybridized carbons (Fsp3) is 0.318. The summed E-state index contributed by atoms with van der Waals surface area (Å²) in [6.45, 7) is 1.28. The second-order valence-corrected chi connectivity index (χ2v) is 6.71. The fourth-order valence-corrected chi connectivity index (χ4v) is 3.27. The van der Waals surface area contributed by atoms with Gasteiger partial charge in [0, 0.05) is 24.5 Å². The molecular formula is C22H24N2O3. The zero-order chi connectivity index (χ0) is 18.3. The number of hydrogen-bond donors (Lipinski definition) is 0. The van der Waals surface area contributed by atoms with E-state index < -0.39 is 0 Å². The first kappa shape index (κ1) is 17.8. The summed E-state index contributed by atoms with van der Waals surface area (Å²) in [6, 6.07) is 17.8. The summed E-state index contributed by atoms with van der Waals surface area (Å²) in [4.78, 5) is 4.09. The standard InChI is InChI=1S/C22H24N2O3/c1-2-8-19(9-3-1)26-21-11-5-4-7-18(21)16-25-22-12-6-10-20(27-22)15-24-14-13-23-17-24/h1-5,7-9,11,13-14,17,20,22H,6,10,12,15-16H2. The van der Waals surface area contributed by atoms with Crippen molar-refractivity contribution in [2.75, 3.05) is 0 Å². The van der Waals surface area contributed by atoms with E-state index in [0.717, 1.165) is 42.9 Å². The Morgan fingerprint density at radius 3 is 2.74 bits per heavy atom. The third-order valence-electron chi connectivity index (χ3n) is 4.65. The van der Waals surface area contributed by atoms with Gasteiger partial charge in [0.1, 0.15) is 11.5 Å². The molecule has 0 amide bonds. The first-order valence-electron chi connectivity index (χ1n) is 9.40. The molecule has 27 heavy (non-hydrogen) atoms. The summed E-state index contributed by atoms with van der Waals surface area (Å²) in [6.07, 6.45) is 8.63. The average molecular weight is 364 g/mol. The first-order valence-corrected chi connectivity index (χ1v) is 9.40. The molecule has 0 radical (unpaired) electrons. The van der Waals surface area contributed by atoms with E-state index in [1.165, 1.54) is 0 Å². The molecule has 0 aliphatic carbocycles. The Bertz CT molecular complexity index is 821. The van der Waals surface area contributed by atoms with Crippen molar-refractivity contribution in [3.8, 4) is 11.5 Å². The van der Waals surface area contributed by atoms with E-state index in [2.05, 4.69) is 9.55 Å². The highest BCUT2D eigenvalue weighted by Gasteiger charge is 2.23. The fourth-order valence-electron chi connectivity index (χ4n) is 3.27. The van der Waals surface area contributed by atoms with Crippen LogP contribution in [0.3, 0.4) is 0 Å². The zero-order valence-corrected chi connectivity index (χ0v) is 15.2. The van der Waals surface area contributed by atoms with E-state index in [4.69, 9.17) is 14.2 Å². The van der Waals surface area contributed by atoms with Crippen molar-refractivity contribution in [1.29, 1.82) is 0 Å². The summed E-state index contributed by atoms with van der Waals surface area (Å²) in [5.41, 5.74) is 1.02. The van der Waals surface area contributed by atoms with E-state index in [1.54, 1.807) is 6.20 Å². The summed E-state index contributed by atoms with van der Waals surface area (Å²) < 4.78 is 20.3. The zero-order valence-electron chi connectivity index (χ0n) is 15.2. The van der Waals surface area contributed by atoms with Gasteiger partial charge in [0.25, 0.3) is 0 Å². The van der Waals surface area contributed by atoms with Gasteiger partial charge >= 0.3 is 0 Å². The van der Waals surface area contributed by atoms with E-state index in [0.29, 0.717) is 6.61 Å². The Morgan fingerprint density at radius 1 is 1.04 bits per heavy atom. The van der Waals surface area contributed by atoms with Gasteiger partial charge in [0.2, 0.25) is 0 Å². The summed E-state index contributed by atoms with van der Waals surface area (Å²) in [7, 11) is 0.